The number of aliphatic carboxylic acids is 1. The van der Waals surface area contributed by atoms with Gasteiger partial charge in [0.2, 0.25) is 0 Å². The van der Waals surface area contributed by atoms with Crippen LogP contribution in [-0.2, 0) is 11.3 Å². The van der Waals surface area contributed by atoms with Crippen molar-refractivity contribution in [2.75, 3.05) is 0 Å². The van der Waals surface area contributed by atoms with E-state index in [0.29, 0.717) is 6.54 Å². The molecule has 0 saturated carbocycles. The van der Waals surface area contributed by atoms with Gasteiger partial charge in [-0.3, -0.25) is 0 Å². The number of carbonyl (C=O) groups is 1. The van der Waals surface area contributed by atoms with Crippen LogP contribution >= 0.6 is 0 Å². The molecule has 0 heterocycles. The monoisotopic (exact) mass is 325 g/mol. The number of nitrogens with two attached hydrogens (primary N) is 1. The van der Waals surface area contributed by atoms with E-state index in [0.717, 1.165) is 0 Å². The maximum absolute atomic E-state index is 10.6. The number of halogens is 3. The topological polar surface area (TPSA) is 63.3 Å². The Morgan fingerprint density at radius 3 is 2.17 bits per heavy atom. The molecule has 2 rings (SSSR count). The maximum atomic E-state index is 10.6. The Kier molecular flexibility index (Phi) is 6.33. The minimum atomic E-state index is -5.08. The first-order valence-corrected chi connectivity index (χ1v) is 6.82. The Balaban J connectivity index is 0.000000322. The second-order valence-electron chi connectivity index (χ2n) is 4.98. The molecular formula is C17H18F3NO2. The first kappa shape index (κ1) is 18.7. The number of carboxylic acids is 1. The molecule has 23 heavy (non-hydrogen) atoms. The van der Waals surface area contributed by atoms with Gasteiger partial charge in [-0.2, -0.15) is 13.2 Å². The molecule has 2 aromatic carbocycles. The number of benzene rings is 2. The molecule has 0 aromatic heterocycles. The smallest absolute Gasteiger partial charge is 0.475 e. The van der Waals surface area contributed by atoms with Crippen LogP contribution in [0.1, 0.15) is 16.7 Å². The van der Waals surface area contributed by atoms with E-state index in [9.17, 15) is 13.2 Å². The van der Waals surface area contributed by atoms with Crippen LogP contribution in [0, 0.1) is 13.8 Å². The van der Waals surface area contributed by atoms with Crippen molar-refractivity contribution in [3.05, 3.63) is 59.2 Å². The highest BCUT2D eigenvalue weighted by Crippen LogP contribution is 2.27. The number of carboxylic acid groups (broad SMARTS) is 1. The Morgan fingerprint density at radius 2 is 1.65 bits per heavy atom. The van der Waals surface area contributed by atoms with Crippen LogP contribution in [0.15, 0.2) is 42.5 Å². The van der Waals surface area contributed by atoms with Crippen molar-refractivity contribution in [3.63, 3.8) is 0 Å². The third-order valence-corrected chi connectivity index (χ3v) is 3.16. The summed E-state index contributed by atoms with van der Waals surface area (Å²) in [5.41, 5.74) is 12.1. The van der Waals surface area contributed by atoms with Crippen LogP contribution in [0.3, 0.4) is 0 Å². The normalized spacial score (nSPS) is 10.7. The van der Waals surface area contributed by atoms with Crippen molar-refractivity contribution >= 4 is 5.97 Å². The summed E-state index contributed by atoms with van der Waals surface area (Å²) in [6.45, 7) is 4.85. The summed E-state index contributed by atoms with van der Waals surface area (Å²) in [4.78, 5) is 8.90. The van der Waals surface area contributed by atoms with E-state index in [1.807, 2.05) is 6.07 Å². The van der Waals surface area contributed by atoms with Crippen LogP contribution in [0.4, 0.5) is 13.2 Å². The molecule has 0 saturated heterocycles. The van der Waals surface area contributed by atoms with E-state index < -0.39 is 12.1 Å². The summed E-state index contributed by atoms with van der Waals surface area (Å²) < 4.78 is 31.7. The zero-order valence-corrected chi connectivity index (χ0v) is 12.8. The predicted molar refractivity (Wildman–Crippen MR) is 82.9 cm³/mol. The average molecular weight is 325 g/mol. The van der Waals surface area contributed by atoms with Crippen molar-refractivity contribution in [2.45, 2.75) is 26.6 Å². The van der Waals surface area contributed by atoms with Crippen LogP contribution in [0.25, 0.3) is 11.1 Å². The quantitative estimate of drug-likeness (QED) is 0.875. The van der Waals surface area contributed by atoms with Gasteiger partial charge >= 0.3 is 12.1 Å². The summed E-state index contributed by atoms with van der Waals surface area (Å²) in [6.07, 6.45) is -5.08. The largest absolute Gasteiger partial charge is 0.490 e. The van der Waals surface area contributed by atoms with Crippen molar-refractivity contribution in [2.24, 2.45) is 5.73 Å². The minimum Gasteiger partial charge on any atom is -0.475 e. The van der Waals surface area contributed by atoms with E-state index in [2.05, 4.69) is 50.2 Å². The zero-order valence-electron chi connectivity index (χ0n) is 12.8. The molecule has 6 heteroatoms. The SMILES string of the molecule is Cc1ccc(C)c(-c2ccccc2CN)c1.O=C(O)C(F)(F)F. The number of aryl methyl sites for hydroxylation is 2. The van der Waals surface area contributed by atoms with E-state index in [-0.39, 0.29) is 0 Å². The molecule has 124 valence electrons. The average Bonchev–Trinajstić information content (AvgIpc) is 2.49. The summed E-state index contributed by atoms with van der Waals surface area (Å²) in [7, 11) is 0. The first-order valence-electron chi connectivity index (χ1n) is 6.82. The van der Waals surface area contributed by atoms with Crippen molar-refractivity contribution in [1.82, 2.24) is 0 Å². The second kappa shape index (κ2) is 7.78. The summed E-state index contributed by atoms with van der Waals surface area (Å²) in [5, 5.41) is 7.12. The lowest BCUT2D eigenvalue weighted by Crippen LogP contribution is -2.21. The Morgan fingerprint density at radius 1 is 1.09 bits per heavy atom. The van der Waals surface area contributed by atoms with Crippen molar-refractivity contribution in [3.8, 4) is 11.1 Å². The Bertz CT molecular complexity index is 682. The van der Waals surface area contributed by atoms with Gasteiger partial charge in [-0.15, -0.1) is 0 Å². The number of alkyl halides is 3. The van der Waals surface area contributed by atoms with E-state index in [4.69, 9.17) is 15.6 Å². The predicted octanol–water partition coefficient (Wildman–Crippen LogP) is 4.06. The Labute approximate surface area is 132 Å². The van der Waals surface area contributed by atoms with E-state index >= 15 is 0 Å². The first-order chi connectivity index (χ1) is 10.7. The fraction of sp³-hybridized carbons (Fsp3) is 0.235. The molecule has 0 atom stereocenters. The molecule has 0 spiro atoms. The molecule has 0 radical (unpaired) electrons. The molecule has 0 amide bonds. The van der Waals surface area contributed by atoms with Gasteiger partial charge in [0.15, 0.2) is 0 Å². The second-order valence-corrected chi connectivity index (χ2v) is 4.98. The van der Waals surface area contributed by atoms with Crippen LogP contribution < -0.4 is 5.73 Å². The fourth-order valence-corrected chi connectivity index (χ4v) is 1.99. The fourth-order valence-electron chi connectivity index (χ4n) is 1.99. The third kappa shape index (κ3) is 5.41. The summed E-state index contributed by atoms with van der Waals surface area (Å²) >= 11 is 0. The van der Waals surface area contributed by atoms with Crippen LogP contribution in [-0.4, -0.2) is 17.3 Å². The van der Waals surface area contributed by atoms with Gasteiger partial charge in [-0.1, -0.05) is 48.0 Å². The lowest BCUT2D eigenvalue weighted by Gasteiger charge is -2.11. The molecular weight excluding hydrogens is 307 g/mol. The minimum absolute atomic E-state index is 0.587. The molecule has 0 bridgehead atoms. The molecule has 0 aliphatic heterocycles. The highest BCUT2D eigenvalue weighted by atomic mass is 19.4. The molecule has 0 aliphatic carbocycles. The standard InChI is InChI=1S/C15H17N.C2HF3O2/c1-11-7-8-12(2)15(9-11)14-6-4-3-5-13(14)10-16;3-2(4,5)1(6)7/h3-9H,10,16H2,1-2H3;(H,6,7). The molecule has 0 fully saturated rings. The Hall–Kier alpha value is -2.34. The van der Waals surface area contributed by atoms with Gasteiger partial charge in [0.1, 0.15) is 0 Å². The molecule has 3 N–H and O–H groups in total. The number of hydrogen-bond donors (Lipinski definition) is 2. The van der Waals surface area contributed by atoms with Gasteiger partial charge in [0, 0.05) is 6.54 Å². The van der Waals surface area contributed by atoms with Crippen molar-refractivity contribution < 1.29 is 23.1 Å². The molecule has 3 nitrogen and oxygen atoms in total. The third-order valence-electron chi connectivity index (χ3n) is 3.16. The van der Waals surface area contributed by atoms with Crippen LogP contribution in [0.5, 0.6) is 0 Å². The molecule has 2 aromatic rings. The van der Waals surface area contributed by atoms with Gasteiger partial charge < -0.3 is 10.8 Å². The van der Waals surface area contributed by atoms with Gasteiger partial charge in [-0.05, 0) is 36.1 Å². The lowest BCUT2D eigenvalue weighted by atomic mass is 9.94. The maximum Gasteiger partial charge on any atom is 0.490 e. The number of rotatable bonds is 2. The van der Waals surface area contributed by atoms with E-state index in [1.165, 1.54) is 27.8 Å². The zero-order chi connectivity index (χ0) is 17.6. The number of hydrogen-bond acceptors (Lipinski definition) is 2. The molecule has 0 unspecified atom stereocenters. The summed E-state index contributed by atoms with van der Waals surface area (Å²) in [6, 6.07) is 14.9. The highest BCUT2D eigenvalue weighted by Gasteiger charge is 2.38. The highest BCUT2D eigenvalue weighted by molar-refractivity contribution is 5.73. The molecule has 0 aliphatic rings. The van der Waals surface area contributed by atoms with Crippen LogP contribution in [0.2, 0.25) is 0 Å². The summed E-state index contributed by atoms with van der Waals surface area (Å²) in [5.74, 6) is -2.76. The van der Waals surface area contributed by atoms with Gasteiger partial charge in [0.25, 0.3) is 0 Å². The van der Waals surface area contributed by atoms with Gasteiger partial charge in [0.05, 0.1) is 0 Å². The van der Waals surface area contributed by atoms with Crippen molar-refractivity contribution in [1.29, 1.82) is 0 Å². The van der Waals surface area contributed by atoms with Gasteiger partial charge in [-0.25, -0.2) is 4.79 Å². The van der Waals surface area contributed by atoms with E-state index in [1.54, 1.807) is 0 Å². The lowest BCUT2D eigenvalue weighted by molar-refractivity contribution is -0.192.